The molecule has 0 bridgehead atoms. The van der Waals surface area contributed by atoms with Crippen molar-refractivity contribution in [2.75, 3.05) is 13.1 Å². The van der Waals surface area contributed by atoms with E-state index in [1.807, 2.05) is 36.9 Å². The lowest BCUT2D eigenvalue weighted by Crippen LogP contribution is -2.49. The third-order valence-corrected chi connectivity index (χ3v) is 4.04. The highest BCUT2D eigenvalue weighted by molar-refractivity contribution is 5.74. The Hall–Kier alpha value is -2.02. The Balaban J connectivity index is 1.97. The molecule has 1 aliphatic heterocycles. The first kappa shape index (κ1) is 15.4. The summed E-state index contributed by atoms with van der Waals surface area (Å²) >= 11 is 0. The molecule has 1 saturated heterocycles. The molecule has 1 fully saturated rings. The zero-order chi connectivity index (χ0) is 15.3. The minimum absolute atomic E-state index is 0.0174. The molecule has 0 saturated carbocycles. The van der Waals surface area contributed by atoms with E-state index in [1.54, 1.807) is 0 Å². The van der Waals surface area contributed by atoms with E-state index < -0.39 is 0 Å². The van der Waals surface area contributed by atoms with Gasteiger partial charge in [-0.05, 0) is 38.7 Å². The van der Waals surface area contributed by atoms with E-state index in [-0.39, 0.29) is 17.5 Å². The number of amides is 2. The maximum absolute atomic E-state index is 12.0. The molecule has 0 spiro atoms. The van der Waals surface area contributed by atoms with Crippen LogP contribution in [0.15, 0.2) is 30.3 Å². The largest absolute Gasteiger partial charge is 0.336 e. The number of nitriles is 1. The predicted molar refractivity (Wildman–Crippen MR) is 82.7 cm³/mol. The third-order valence-electron chi connectivity index (χ3n) is 4.04. The lowest BCUT2D eigenvalue weighted by Gasteiger charge is -2.37. The van der Waals surface area contributed by atoms with Gasteiger partial charge in [0.05, 0.1) is 11.5 Å². The van der Waals surface area contributed by atoms with E-state index in [9.17, 15) is 10.1 Å². The maximum Gasteiger partial charge on any atom is 0.317 e. The topological polar surface area (TPSA) is 56.1 Å². The van der Waals surface area contributed by atoms with Crippen molar-refractivity contribution in [3.63, 3.8) is 0 Å². The van der Waals surface area contributed by atoms with Crippen LogP contribution in [0.4, 0.5) is 4.79 Å². The molecule has 2 rings (SSSR count). The Kier molecular flexibility index (Phi) is 4.85. The van der Waals surface area contributed by atoms with Crippen LogP contribution in [-0.2, 0) is 6.42 Å². The van der Waals surface area contributed by atoms with Gasteiger partial charge in [-0.1, -0.05) is 30.3 Å². The second-order valence-corrected chi connectivity index (χ2v) is 6.15. The molecule has 0 atom stereocenters. The van der Waals surface area contributed by atoms with Gasteiger partial charge in [0.25, 0.3) is 0 Å². The molecule has 1 N–H and O–H groups in total. The summed E-state index contributed by atoms with van der Waals surface area (Å²) in [5, 5.41) is 12.5. The van der Waals surface area contributed by atoms with Crippen LogP contribution in [0.1, 0.15) is 32.3 Å². The van der Waals surface area contributed by atoms with Gasteiger partial charge in [0, 0.05) is 19.1 Å². The minimum Gasteiger partial charge on any atom is -0.336 e. The number of urea groups is 1. The number of hydrogen-bond donors (Lipinski definition) is 1. The van der Waals surface area contributed by atoms with Gasteiger partial charge in [0.2, 0.25) is 0 Å². The van der Waals surface area contributed by atoms with E-state index in [4.69, 9.17) is 0 Å². The highest BCUT2D eigenvalue weighted by atomic mass is 16.2. The number of nitrogens with zero attached hydrogens (tertiary/aromatic N) is 2. The van der Waals surface area contributed by atoms with Gasteiger partial charge >= 0.3 is 6.03 Å². The van der Waals surface area contributed by atoms with E-state index in [0.717, 1.165) is 19.3 Å². The first-order valence-corrected chi connectivity index (χ1v) is 7.55. The average molecular weight is 285 g/mol. The zero-order valence-electron chi connectivity index (χ0n) is 12.8. The van der Waals surface area contributed by atoms with Crippen molar-refractivity contribution >= 4 is 6.03 Å². The zero-order valence-corrected chi connectivity index (χ0v) is 12.8. The van der Waals surface area contributed by atoms with Crippen molar-refractivity contribution in [3.8, 4) is 6.07 Å². The average Bonchev–Trinajstić information content (AvgIpc) is 2.48. The summed E-state index contributed by atoms with van der Waals surface area (Å²) in [6.45, 7) is 5.21. The fraction of sp³-hybridized carbons (Fsp3) is 0.529. The molecule has 0 radical (unpaired) electrons. The predicted octanol–water partition coefficient (Wildman–Crippen LogP) is 2.95. The van der Waals surface area contributed by atoms with Crippen molar-refractivity contribution in [1.82, 2.24) is 10.2 Å². The standard InChI is InChI=1S/C17H23N3O/c1-14(2)19-16(21)20-10-8-17(13-18,9-11-20)12-15-6-4-3-5-7-15/h3-7,14H,8-12H2,1-2H3,(H,19,21). The molecule has 4 nitrogen and oxygen atoms in total. The summed E-state index contributed by atoms with van der Waals surface area (Å²) in [6.07, 6.45) is 2.25. The van der Waals surface area contributed by atoms with E-state index in [1.165, 1.54) is 5.56 Å². The van der Waals surface area contributed by atoms with Gasteiger partial charge < -0.3 is 10.2 Å². The van der Waals surface area contributed by atoms with Crippen LogP contribution >= 0.6 is 0 Å². The van der Waals surface area contributed by atoms with Gasteiger partial charge in [0.15, 0.2) is 0 Å². The van der Waals surface area contributed by atoms with Crippen molar-refractivity contribution in [1.29, 1.82) is 5.26 Å². The molecule has 0 aliphatic carbocycles. The molecule has 0 aromatic heterocycles. The molecular weight excluding hydrogens is 262 g/mol. The second-order valence-electron chi connectivity index (χ2n) is 6.15. The van der Waals surface area contributed by atoms with E-state index >= 15 is 0 Å². The molecule has 2 amide bonds. The minimum atomic E-state index is -0.337. The third kappa shape index (κ3) is 3.98. The Labute approximate surface area is 126 Å². The molecule has 1 heterocycles. The van der Waals surface area contributed by atoms with Crippen LogP contribution in [0.3, 0.4) is 0 Å². The Morgan fingerprint density at radius 3 is 2.48 bits per heavy atom. The molecule has 21 heavy (non-hydrogen) atoms. The normalized spacial score (nSPS) is 17.3. The maximum atomic E-state index is 12.0. The first-order chi connectivity index (χ1) is 10.0. The fourth-order valence-corrected chi connectivity index (χ4v) is 2.79. The Bertz CT molecular complexity index is 511. The van der Waals surface area contributed by atoms with Crippen LogP contribution in [0, 0.1) is 16.7 Å². The van der Waals surface area contributed by atoms with Crippen molar-refractivity contribution in [2.45, 2.75) is 39.2 Å². The van der Waals surface area contributed by atoms with Crippen LogP contribution in [0.5, 0.6) is 0 Å². The van der Waals surface area contributed by atoms with Crippen molar-refractivity contribution in [3.05, 3.63) is 35.9 Å². The molecule has 0 unspecified atom stereocenters. The van der Waals surface area contributed by atoms with Gasteiger partial charge in [-0.25, -0.2) is 4.79 Å². The van der Waals surface area contributed by atoms with Crippen LogP contribution in [0.2, 0.25) is 0 Å². The SMILES string of the molecule is CC(C)NC(=O)N1CCC(C#N)(Cc2ccccc2)CC1. The second kappa shape index (κ2) is 6.62. The Morgan fingerprint density at radius 2 is 1.95 bits per heavy atom. The fourth-order valence-electron chi connectivity index (χ4n) is 2.79. The summed E-state index contributed by atoms with van der Waals surface area (Å²) in [4.78, 5) is 13.8. The summed E-state index contributed by atoms with van der Waals surface area (Å²) in [7, 11) is 0. The molecule has 4 heteroatoms. The summed E-state index contributed by atoms with van der Waals surface area (Å²) in [5.41, 5.74) is 0.856. The lowest BCUT2D eigenvalue weighted by molar-refractivity contribution is 0.146. The molecule has 1 aromatic carbocycles. The van der Waals surface area contributed by atoms with Crippen molar-refractivity contribution in [2.24, 2.45) is 5.41 Å². The van der Waals surface area contributed by atoms with Gasteiger partial charge in [-0.3, -0.25) is 0 Å². The number of carbonyl (C=O) groups is 1. The molecular formula is C17H23N3O. The Morgan fingerprint density at radius 1 is 1.33 bits per heavy atom. The number of benzene rings is 1. The van der Waals surface area contributed by atoms with E-state index in [0.29, 0.717) is 13.1 Å². The van der Waals surface area contributed by atoms with Crippen LogP contribution < -0.4 is 5.32 Å². The molecule has 1 aromatic rings. The van der Waals surface area contributed by atoms with Gasteiger partial charge in [-0.2, -0.15) is 5.26 Å². The number of nitrogens with one attached hydrogen (secondary N) is 1. The highest BCUT2D eigenvalue weighted by Crippen LogP contribution is 2.34. The number of likely N-dealkylation sites (tertiary alicyclic amines) is 1. The van der Waals surface area contributed by atoms with Crippen molar-refractivity contribution < 1.29 is 4.79 Å². The molecule has 112 valence electrons. The number of carbonyl (C=O) groups excluding carboxylic acids is 1. The molecule has 1 aliphatic rings. The van der Waals surface area contributed by atoms with E-state index in [2.05, 4.69) is 23.5 Å². The van der Waals surface area contributed by atoms with Gasteiger partial charge in [-0.15, -0.1) is 0 Å². The number of rotatable bonds is 3. The summed E-state index contributed by atoms with van der Waals surface area (Å²) < 4.78 is 0. The van der Waals surface area contributed by atoms with Gasteiger partial charge in [0.1, 0.15) is 0 Å². The van der Waals surface area contributed by atoms with Crippen LogP contribution in [0.25, 0.3) is 0 Å². The van der Waals surface area contributed by atoms with Crippen LogP contribution in [-0.4, -0.2) is 30.1 Å². The smallest absolute Gasteiger partial charge is 0.317 e. The summed E-state index contributed by atoms with van der Waals surface area (Å²) in [5.74, 6) is 0. The quantitative estimate of drug-likeness (QED) is 0.928. The summed E-state index contributed by atoms with van der Waals surface area (Å²) in [6, 6.07) is 12.8. The number of hydrogen-bond acceptors (Lipinski definition) is 2. The number of piperidine rings is 1. The monoisotopic (exact) mass is 285 g/mol. The first-order valence-electron chi connectivity index (χ1n) is 7.55. The lowest BCUT2D eigenvalue weighted by atomic mass is 9.75. The highest BCUT2D eigenvalue weighted by Gasteiger charge is 2.36.